The minimum atomic E-state index is 0.441. The minimum Gasteiger partial charge on any atom is -0.330 e. The standard InChI is InChI=1S/C14H30N2/c1-13-6-4-10-16(12-13)11-5-7-14(2,3)8-9-15/h13H,4-12,15H2,1-3H3. The number of piperidine rings is 1. The van der Waals surface area contributed by atoms with Crippen molar-refractivity contribution in [2.45, 2.75) is 52.9 Å². The third-order valence-corrected chi connectivity index (χ3v) is 3.89. The molecule has 1 heterocycles. The first-order valence-corrected chi connectivity index (χ1v) is 6.96. The summed E-state index contributed by atoms with van der Waals surface area (Å²) in [6, 6.07) is 0. The van der Waals surface area contributed by atoms with Crippen molar-refractivity contribution in [2.24, 2.45) is 17.1 Å². The highest BCUT2D eigenvalue weighted by molar-refractivity contribution is 4.73. The van der Waals surface area contributed by atoms with E-state index in [0.29, 0.717) is 5.41 Å². The molecular formula is C14H30N2. The molecule has 1 rings (SSSR count). The van der Waals surface area contributed by atoms with Gasteiger partial charge in [0.15, 0.2) is 0 Å². The van der Waals surface area contributed by atoms with Gasteiger partial charge in [-0.2, -0.15) is 0 Å². The molecule has 0 radical (unpaired) electrons. The molecular weight excluding hydrogens is 196 g/mol. The number of likely N-dealkylation sites (tertiary alicyclic amines) is 1. The second kappa shape index (κ2) is 6.61. The lowest BCUT2D eigenvalue weighted by Crippen LogP contribution is -2.35. The molecule has 1 saturated heterocycles. The summed E-state index contributed by atoms with van der Waals surface area (Å²) < 4.78 is 0. The molecule has 1 unspecified atom stereocenters. The van der Waals surface area contributed by atoms with E-state index in [1.165, 1.54) is 45.3 Å². The summed E-state index contributed by atoms with van der Waals surface area (Å²) in [6.07, 6.45) is 6.63. The van der Waals surface area contributed by atoms with Gasteiger partial charge >= 0.3 is 0 Å². The van der Waals surface area contributed by atoms with Crippen LogP contribution in [0, 0.1) is 11.3 Å². The molecule has 16 heavy (non-hydrogen) atoms. The molecule has 0 aromatic carbocycles. The molecule has 0 aromatic rings. The predicted octanol–water partition coefficient (Wildman–Crippen LogP) is 2.87. The zero-order valence-corrected chi connectivity index (χ0v) is 11.5. The number of nitrogens with two attached hydrogens (primary N) is 1. The first-order chi connectivity index (χ1) is 7.53. The van der Waals surface area contributed by atoms with Gasteiger partial charge in [-0.15, -0.1) is 0 Å². The number of hydrogen-bond donors (Lipinski definition) is 1. The zero-order valence-electron chi connectivity index (χ0n) is 11.5. The van der Waals surface area contributed by atoms with Crippen molar-refractivity contribution >= 4 is 0 Å². The van der Waals surface area contributed by atoms with Crippen LogP contribution in [0.2, 0.25) is 0 Å². The smallest absolute Gasteiger partial charge is 0.000703 e. The van der Waals surface area contributed by atoms with Crippen LogP contribution in [-0.2, 0) is 0 Å². The predicted molar refractivity (Wildman–Crippen MR) is 71.5 cm³/mol. The van der Waals surface area contributed by atoms with Gasteiger partial charge in [-0.05, 0) is 63.1 Å². The van der Waals surface area contributed by atoms with Crippen LogP contribution in [0.4, 0.5) is 0 Å². The Hall–Kier alpha value is -0.0800. The van der Waals surface area contributed by atoms with Gasteiger partial charge in [0.05, 0.1) is 0 Å². The van der Waals surface area contributed by atoms with Gasteiger partial charge in [-0.1, -0.05) is 20.8 Å². The summed E-state index contributed by atoms with van der Waals surface area (Å²) >= 11 is 0. The largest absolute Gasteiger partial charge is 0.330 e. The van der Waals surface area contributed by atoms with Crippen LogP contribution >= 0.6 is 0 Å². The molecule has 0 amide bonds. The maximum Gasteiger partial charge on any atom is 0.000703 e. The average Bonchev–Trinajstić information content (AvgIpc) is 2.17. The fourth-order valence-corrected chi connectivity index (χ4v) is 2.79. The number of hydrogen-bond acceptors (Lipinski definition) is 2. The van der Waals surface area contributed by atoms with Crippen LogP contribution in [0.1, 0.15) is 52.9 Å². The summed E-state index contributed by atoms with van der Waals surface area (Å²) in [5.41, 5.74) is 6.08. The van der Waals surface area contributed by atoms with Crippen molar-refractivity contribution < 1.29 is 0 Å². The molecule has 1 aliphatic rings. The molecule has 2 N–H and O–H groups in total. The topological polar surface area (TPSA) is 29.3 Å². The van der Waals surface area contributed by atoms with Crippen molar-refractivity contribution in [1.82, 2.24) is 4.90 Å². The van der Waals surface area contributed by atoms with Gasteiger partial charge in [0, 0.05) is 6.54 Å². The Bertz CT molecular complexity index is 189. The third-order valence-electron chi connectivity index (χ3n) is 3.89. The quantitative estimate of drug-likeness (QED) is 0.754. The molecule has 2 heteroatoms. The molecule has 96 valence electrons. The van der Waals surface area contributed by atoms with Crippen LogP contribution in [0.15, 0.2) is 0 Å². The Labute approximate surface area is 102 Å². The summed E-state index contributed by atoms with van der Waals surface area (Å²) in [4.78, 5) is 2.65. The molecule has 0 bridgehead atoms. The van der Waals surface area contributed by atoms with Crippen molar-refractivity contribution in [1.29, 1.82) is 0 Å². The fraction of sp³-hybridized carbons (Fsp3) is 1.00. The molecule has 0 aromatic heterocycles. The highest BCUT2D eigenvalue weighted by Gasteiger charge is 2.19. The van der Waals surface area contributed by atoms with Crippen LogP contribution in [-0.4, -0.2) is 31.1 Å². The summed E-state index contributed by atoms with van der Waals surface area (Å²) in [6.45, 7) is 11.8. The minimum absolute atomic E-state index is 0.441. The molecule has 1 atom stereocenters. The highest BCUT2D eigenvalue weighted by atomic mass is 15.1. The molecule has 0 saturated carbocycles. The van der Waals surface area contributed by atoms with Gasteiger partial charge in [0.1, 0.15) is 0 Å². The van der Waals surface area contributed by atoms with E-state index in [-0.39, 0.29) is 0 Å². The second-order valence-electron chi connectivity index (χ2n) is 6.35. The lowest BCUT2D eigenvalue weighted by Gasteiger charge is -2.32. The third kappa shape index (κ3) is 5.31. The first-order valence-electron chi connectivity index (χ1n) is 6.96. The number of rotatable bonds is 6. The Morgan fingerprint density at radius 1 is 1.31 bits per heavy atom. The molecule has 2 nitrogen and oxygen atoms in total. The lowest BCUT2D eigenvalue weighted by atomic mass is 9.84. The maximum atomic E-state index is 5.64. The summed E-state index contributed by atoms with van der Waals surface area (Å²) in [5.74, 6) is 0.908. The van der Waals surface area contributed by atoms with E-state index in [1.54, 1.807) is 0 Å². The summed E-state index contributed by atoms with van der Waals surface area (Å²) in [7, 11) is 0. The fourth-order valence-electron chi connectivity index (χ4n) is 2.79. The highest BCUT2D eigenvalue weighted by Crippen LogP contribution is 2.26. The Kier molecular flexibility index (Phi) is 5.77. The van der Waals surface area contributed by atoms with E-state index >= 15 is 0 Å². The van der Waals surface area contributed by atoms with E-state index in [2.05, 4.69) is 25.7 Å². The van der Waals surface area contributed by atoms with E-state index in [0.717, 1.165) is 18.9 Å². The average molecular weight is 226 g/mol. The SMILES string of the molecule is CC1CCCN(CCCC(C)(C)CCN)C1. The van der Waals surface area contributed by atoms with Crippen molar-refractivity contribution in [2.75, 3.05) is 26.2 Å². The Morgan fingerprint density at radius 3 is 2.69 bits per heavy atom. The van der Waals surface area contributed by atoms with Crippen LogP contribution in [0.25, 0.3) is 0 Å². The molecule has 1 fully saturated rings. The van der Waals surface area contributed by atoms with E-state index < -0.39 is 0 Å². The van der Waals surface area contributed by atoms with Gasteiger partial charge < -0.3 is 10.6 Å². The van der Waals surface area contributed by atoms with Crippen molar-refractivity contribution in [3.05, 3.63) is 0 Å². The van der Waals surface area contributed by atoms with Crippen molar-refractivity contribution in [3.8, 4) is 0 Å². The zero-order chi connectivity index (χ0) is 12.0. The van der Waals surface area contributed by atoms with Gasteiger partial charge in [-0.3, -0.25) is 0 Å². The van der Waals surface area contributed by atoms with Crippen LogP contribution in [0.5, 0.6) is 0 Å². The van der Waals surface area contributed by atoms with E-state index in [9.17, 15) is 0 Å². The molecule has 0 aliphatic carbocycles. The number of nitrogens with zero attached hydrogens (tertiary/aromatic N) is 1. The van der Waals surface area contributed by atoms with Crippen molar-refractivity contribution in [3.63, 3.8) is 0 Å². The Morgan fingerprint density at radius 2 is 2.06 bits per heavy atom. The van der Waals surface area contributed by atoms with E-state index in [1.807, 2.05) is 0 Å². The van der Waals surface area contributed by atoms with Crippen LogP contribution in [0.3, 0.4) is 0 Å². The van der Waals surface area contributed by atoms with Crippen LogP contribution < -0.4 is 5.73 Å². The Balaban J connectivity index is 2.14. The molecule has 0 spiro atoms. The summed E-state index contributed by atoms with van der Waals surface area (Å²) in [5, 5.41) is 0. The van der Waals surface area contributed by atoms with Gasteiger partial charge in [-0.25, -0.2) is 0 Å². The van der Waals surface area contributed by atoms with Gasteiger partial charge in [0.25, 0.3) is 0 Å². The normalized spacial score (nSPS) is 23.6. The lowest BCUT2D eigenvalue weighted by molar-refractivity contribution is 0.170. The van der Waals surface area contributed by atoms with Gasteiger partial charge in [0.2, 0.25) is 0 Å². The molecule has 1 aliphatic heterocycles. The first kappa shape index (κ1) is 14.0. The maximum absolute atomic E-state index is 5.64. The second-order valence-corrected chi connectivity index (χ2v) is 6.35. The monoisotopic (exact) mass is 226 g/mol. The van der Waals surface area contributed by atoms with E-state index in [4.69, 9.17) is 5.73 Å².